The summed E-state index contributed by atoms with van der Waals surface area (Å²) in [6, 6.07) is 9.77. The number of amides is 1. The van der Waals surface area contributed by atoms with Gasteiger partial charge in [-0.3, -0.25) is 9.59 Å². The van der Waals surface area contributed by atoms with E-state index in [1.54, 1.807) is 24.3 Å². The third-order valence-electron chi connectivity index (χ3n) is 3.52. The van der Waals surface area contributed by atoms with Crippen molar-refractivity contribution < 1.29 is 23.1 Å². The molecule has 0 unspecified atom stereocenters. The Kier molecular flexibility index (Phi) is 5.20. The average molecular weight is 350 g/mol. The van der Waals surface area contributed by atoms with Crippen LogP contribution >= 0.6 is 0 Å². The van der Waals surface area contributed by atoms with Gasteiger partial charge in [0, 0.05) is 37.0 Å². The first-order valence-electron chi connectivity index (χ1n) is 7.21. The minimum absolute atomic E-state index is 0.0695. The fourth-order valence-corrected chi connectivity index (χ4v) is 3.70. The molecule has 0 fully saturated rings. The van der Waals surface area contributed by atoms with Crippen LogP contribution in [0.15, 0.2) is 41.3 Å². The van der Waals surface area contributed by atoms with Crippen molar-refractivity contribution in [1.82, 2.24) is 4.31 Å². The Morgan fingerprint density at radius 3 is 2.33 bits per heavy atom. The van der Waals surface area contributed by atoms with Gasteiger partial charge in [-0.2, -0.15) is 0 Å². The summed E-state index contributed by atoms with van der Waals surface area (Å²) in [6.07, 6.45) is -0.280. The molecule has 1 amide bonds. The van der Waals surface area contributed by atoms with E-state index in [2.05, 4.69) is 5.32 Å². The number of benzene rings is 2. The third-order valence-corrected chi connectivity index (χ3v) is 5.44. The molecule has 2 aromatic rings. The summed E-state index contributed by atoms with van der Waals surface area (Å²) in [7, 11) is -2.51. The van der Waals surface area contributed by atoms with Gasteiger partial charge in [-0.15, -0.1) is 0 Å². The van der Waals surface area contributed by atoms with Crippen LogP contribution in [0, 0.1) is 0 Å². The Labute approximate surface area is 139 Å². The van der Waals surface area contributed by atoms with Crippen molar-refractivity contribution in [3.8, 4) is 0 Å². The van der Waals surface area contributed by atoms with Crippen molar-refractivity contribution >= 4 is 38.4 Å². The highest BCUT2D eigenvalue weighted by Crippen LogP contribution is 2.30. The molecule has 2 rings (SSSR count). The molecule has 0 atom stereocenters. The molecule has 2 N–H and O–H groups in total. The van der Waals surface area contributed by atoms with Crippen molar-refractivity contribution in [3.05, 3.63) is 36.4 Å². The molecular weight excluding hydrogens is 332 g/mol. The van der Waals surface area contributed by atoms with Crippen LogP contribution in [0.3, 0.4) is 0 Å². The largest absolute Gasteiger partial charge is 0.481 e. The van der Waals surface area contributed by atoms with E-state index in [0.29, 0.717) is 16.5 Å². The van der Waals surface area contributed by atoms with Gasteiger partial charge in [0.25, 0.3) is 0 Å². The fourth-order valence-electron chi connectivity index (χ4n) is 2.34. The minimum atomic E-state index is -3.85. The van der Waals surface area contributed by atoms with Gasteiger partial charge in [-0.05, 0) is 12.1 Å². The van der Waals surface area contributed by atoms with Gasteiger partial charge in [0.05, 0.1) is 11.3 Å². The second-order valence-electron chi connectivity index (χ2n) is 5.31. The zero-order valence-electron chi connectivity index (χ0n) is 13.3. The number of carboxylic acids is 1. The number of fused-ring (bicyclic) bond motifs is 1. The lowest BCUT2D eigenvalue weighted by Crippen LogP contribution is -2.29. The van der Waals surface area contributed by atoms with Gasteiger partial charge in [0.1, 0.15) is 0 Å². The minimum Gasteiger partial charge on any atom is -0.481 e. The topological polar surface area (TPSA) is 104 Å². The molecule has 0 saturated carbocycles. The number of hydrogen-bond acceptors (Lipinski definition) is 4. The maximum atomic E-state index is 12.7. The third kappa shape index (κ3) is 3.72. The van der Waals surface area contributed by atoms with Crippen molar-refractivity contribution in [2.75, 3.05) is 18.9 Å². The van der Waals surface area contributed by atoms with Crippen molar-refractivity contribution in [3.63, 3.8) is 0 Å². The normalized spacial score (nSPS) is 11.6. The monoisotopic (exact) mass is 350 g/mol. The number of nitrogens with one attached hydrogen (secondary N) is 1. The fraction of sp³-hybridized carbons (Fsp3) is 0.250. The van der Waals surface area contributed by atoms with Crippen LogP contribution in [-0.2, 0) is 19.6 Å². The Hall–Kier alpha value is -2.45. The van der Waals surface area contributed by atoms with Crippen molar-refractivity contribution in [2.24, 2.45) is 0 Å². The number of anilines is 1. The van der Waals surface area contributed by atoms with Crippen LogP contribution in [0.5, 0.6) is 0 Å². The lowest BCUT2D eigenvalue weighted by atomic mass is 10.1. The van der Waals surface area contributed by atoms with E-state index in [1.807, 2.05) is 0 Å². The maximum absolute atomic E-state index is 12.7. The predicted octanol–water partition coefficient (Wildman–Crippen LogP) is 1.89. The van der Waals surface area contributed by atoms with E-state index in [9.17, 15) is 18.0 Å². The molecule has 0 aromatic heterocycles. The van der Waals surface area contributed by atoms with Gasteiger partial charge in [0.2, 0.25) is 15.9 Å². The highest BCUT2D eigenvalue weighted by atomic mass is 32.2. The maximum Gasteiger partial charge on any atom is 0.304 e. The number of carbonyl (C=O) groups is 2. The molecule has 8 heteroatoms. The number of carbonyl (C=O) groups excluding carboxylic acids is 1. The van der Waals surface area contributed by atoms with Gasteiger partial charge in [0.15, 0.2) is 0 Å². The predicted molar refractivity (Wildman–Crippen MR) is 90.3 cm³/mol. The Morgan fingerprint density at radius 2 is 1.75 bits per heavy atom. The zero-order valence-corrected chi connectivity index (χ0v) is 14.1. The summed E-state index contributed by atoms with van der Waals surface area (Å²) in [4.78, 5) is 22.0. The highest BCUT2D eigenvalue weighted by molar-refractivity contribution is 7.89. The molecule has 0 aliphatic carbocycles. The van der Waals surface area contributed by atoms with Crippen LogP contribution in [0.25, 0.3) is 10.8 Å². The molecule has 24 heavy (non-hydrogen) atoms. The molecule has 0 heterocycles. The molecule has 7 nitrogen and oxygen atoms in total. The van der Waals surface area contributed by atoms with Crippen LogP contribution in [-0.4, -0.2) is 43.3 Å². The van der Waals surface area contributed by atoms with E-state index in [-0.39, 0.29) is 23.8 Å². The molecule has 0 aliphatic rings. The Bertz CT molecular complexity index is 892. The molecule has 0 aliphatic heterocycles. The van der Waals surface area contributed by atoms with Crippen LogP contribution in [0.2, 0.25) is 0 Å². The quantitative estimate of drug-likeness (QED) is 0.828. The number of carboxylic acid groups (broad SMARTS) is 1. The van der Waals surface area contributed by atoms with E-state index in [4.69, 9.17) is 5.11 Å². The molecule has 0 saturated heterocycles. The number of aliphatic carboxylic acids is 1. The summed E-state index contributed by atoms with van der Waals surface area (Å²) in [6.45, 7) is 1.25. The van der Waals surface area contributed by atoms with Gasteiger partial charge in [-0.1, -0.05) is 24.3 Å². The van der Waals surface area contributed by atoms with E-state index < -0.39 is 16.0 Å². The first-order chi connectivity index (χ1) is 11.2. The van der Waals surface area contributed by atoms with E-state index >= 15 is 0 Å². The van der Waals surface area contributed by atoms with Crippen molar-refractivity contribution in [1.29, 1.82) is 0 Å². The van der Waals surface area contributed by atoms with Gasteiger partial charge >= 0.3 is 5.97 Å². The number of rotatable bonds is 6. The highest BCUT2D eigenvalue weighted by Gasteiger charge is 2.24. The Balaban J connectivity index is 2.53. The first-order valence-corrected chi connectivity index (χ1v) is 8.65. The number of nitrogens with zero attached hydrogens (tertiary/aromatic N) is 1. The Morgan fingerprint density at radius 1 is 1.12 bits per heavy atom. The smallest absolute Gasteiger partial charge is 0.304 e. The lowest BCUT2D eigenvalue weighted by Gasteiger charge is -2.18. The summed E-state index contributed by atoms with van der Waals surface area (Å²) in [5.74, 6) is -1.32. The second kappa shape index (κ2) is 6.98. The van der Waals surface area contributed by atoms with Crippen LogP contribution < -0.4 is 5.32 Å². The second-order valence-corrected chi connectivity index (χ2v) is 7.32. The zero-order chi connectivity index (χ0) is 17.9. The number of hydrogen-bond donors (Lipinski definition) is 2. The van der Waals surface area contributed by atoms with E-state index in [1.165, 1.54) is 26.1 Å². The van der Waals surface area contributed by atoms with Crippen molar-refractivity contribution in [2.45, 2.75) is 18.2 Å². The van der Waals surface area contributed by atoms with Crippen LogP contribution in [0.4, 0.5) is 5.69 Å². The number of sulfonamides is 1. The van der Waals surface area contributed by atoms with E-state index in [0.717, 1.165) is 4.31 Å². The summed E-state index contributed by atoms with van der Waals surface area (Å²) < 4.78 is 26.5. The SMILES string of the molecule is CC(=O)Nc1ccc(S(=O)(=O)N(C)CCC(=O)O)c2ccccc12. The van der Waals surface area contributed by atoms with Gasteiger partial charge in [-0.25, -0.2) is 12.7 Å². The lowest BCUT2D eigenvalue weighted by molar-refractivity contribution is -0.137. The van der Waals surface area contributed by atoms with Gasteiger partial charge < -0.3 is 10.4 Å². The summed E-state index contributed by atoms with van der Waals surface area (Å²) in [5, 5.41) is 12.5. The van der Waals surface area contributed by atoms with Crippen LogP contribution in [0.1, 0.15) is 13.3 Å². The molecule has 0 radical (unpaired) electrons. The first kappa shape index (κ1) is 17.9. The average Bonchev–Trinajstić information content (AvgIpc) is 2.52. The molecule has 2 aromatic carbocycles. The molecular formula is C16H18N2O5S. The standard InChI is InChI=1S/C16H18N2O5S/c1-11(19)17-14-7-8-15(13-6-4-3-5-12(13)14)24(22,23)18(2)10-9-16(20)21/h3-8H,9-10H2,1-2H3,(H,17,19)(H,20,21). The summed E-state index contributed by atoms with van der Waals surface area (Å²) >= 11 is 0. The molecule has 0 bridgehead atoms. The molecule has 128 valence electrons. The molecule has 0 spiro atoms. The summed E-state index contributed by atoms with van der Waals surface area (Å²) in [5.41, 5.74) is 0.519.